The fraction of sp³-hybridized carbons (Fsp3) is 0.407. The van der Waals surface area contributed by atoms with Crippen molar-refractivity contribution < 1.29 is 9.53 Å². The first kappa shape index (κ1) is 27.5. The van der Waals surface area contributed by atoms with Crippen LogP contribution in [0.5, 0.6) is 0 Å². The van der Waals surface area contributed by atoms with Crippen molar-refractivity contribution in [3.05, 3.63) is 71.1 Å². The van der Waals surface area contributed by atoms with Crippen LogP contribution in [0, 0.1) is 11.3 Å². The van der Waals surface area contributed by atoms with Crippen LogP contribution in [0.2, 0.25) is 0 Å². The molecular formula is C27H36N4O2S. The Balaban J connectivity index is 0.000000379. The van der Waals surface area contributed by atoms with Crippen LogP contribution in [0.4, 0.5) is 0 Å². The topological polar surface area (TPSA) is 77.4 Å². The van der Waals surface area contributed by atoms with Gasteiger partial charge in [-0.3, -0.25) is 9.69 Å². The Hall–Kier alpha value is -2.79. The Morgan fingerprint density at radius 1 is 1.18 bits per heavy atom. The van der Waals surface area contributed by atoms with Gasteiger partial charge in [-0.25, -0.2) is 0 Å². The summed E-state index contributed by atoms with van der Waals surface area (Å²) in [7, 11) is 0. The summed E-state index contributed by atoms with van der Waals surface area (Å²) in [4.78, 5) is 14.0. The maximum atomic E-state index is 10.5. The van der Waals surface area contributed by atoms with Crippen molar-refractivity contribution in [1.82, 2.24) is 14.9 Å². The van der Waals surface area contributed by atoms with Gasteiger partial charge in [0.2, 0.25) is 0 Å². The molecule has 1 aliphatic carbocycles. The highest BCUT2D eigenvalue weighted by Gasteiger charge is 2.09. The molecule has 1 fully saturated rings. The van der Waals surface area contributed by atoms with Gasteiger partial charge in [0.15, 0.2) is 0 Å². The van der Waals surface area contributed by atoms with E-state index in [0.29, 0.717) is 12.0 Å². The van der Waals surface area contributed by atoms with Gasteiger partial charge in [0.1, 0.15) is 12.4 Å². The van der Waals surface area contributed by atoms with Crippen molar-refractivity contribution in [3.8, 4) is 6.07 Å². The third-order valence-corrected chi connectivity index (χ3v) is 6.12. The van der Waals surface area contributed by atoms with E-state index < -0.39 is 0 Å². The Morgan fingerprint density at radius 3 is 2.68 bits per heavy atom. The number of carbonyl (C=O) groups is 1. The van der Waals surface area contributed by atoms with Gasteiger partial charge in [0.05, 0.1) is 24.5 Å². The van der Waals surface area contributed by atoms with E-state index in [2.05, 4.69) is 34.9 Å². The molecule has 1 heterocycles. The Labute approximate surface area is 208 Å². The molecule has 1 aromatic carbocycles. The minimum atomic E-state index is 0.663. The summed E-state index contributed by atoms with van der Waals surface area (Å²) in [6.45, 7) is 10.5. The number of nitrogens with zero attached hydrogens (tertiary/aromatic N) is 2. The van der Waals surface area contributed by atoms with Crippen molar-refractivity contribution in [3.63, 3.8) is 0 Å². The zero-order valence-corrected chi connectivity index (χ0v) is 21.1. The molecule has 0 spiro atoms. The summed E-state index contributed by atoms with van der Waals surface area (Å²) in [6.07, 6.45) is 12.8. The number of morpholine rings is 1. The number of benzene rings is 1. The van der Waals surface area contributed by atoms with Crippen LogP contribution in [0.15, 0.2) is 70.4 Å². The van der Waals surface area contributed by atoms with E-state index in [1.54, 1.807) is 6.08 Å². The van der Waals surface area contributed by atoms with Crippen LogP contribution in [-0.2, 0) is 9.53 Å². The molecule has 3 rings (SSSR count). The van der Waals surface area contributed by atoms with E-state index in [9.17, 15) is 10.1 Å². The second kappa shape index (κ2) is 16.8. The van der Waals surface area contributed by atoms with Gasteiger partial charge in [-0.05, 0) is 61.2 Å². The average molecular weight is 481 g/mol. The number of ether oxygens (including phenoxy) is 1. The molecule has 1 aromatic rings. The monoisotopic (exact) mass is 480 g/mol. The number of nitrogens with one attached hydrogen (secondary N) is 2. The molecule has 7 heteroatoms. The van der Waals surface area contributed by atoms with Crippen molar-refractivity contribution in [1.29, 1.82) is 5.26 Å². The molecule has 0 radical (unpaired) electrons. The first-order valence-corrected chi connectivity index (χ1v) is 12.7. The summed E-state index contributed by atoms with van der Waals surface area (Å²) in [5, 5.41) is 12.6. The predicted octanol–water partition coefficient (Wildman–Crippen LogP) is 4.85. The van der Waals surface area contributed by atoms with E-state index in [0.717, 1.165) is 67.4 Å². The minimum absolute atomic E-state index is 0.663. The molecular weight excluding hydrogens is 444 g/mol. The van der Waals surface area contributed by atoms with Crippen LogP contribution in [0.1, 0.15) is 38.7 Å². The second-order valence-electron chi connectivity index (χ2n) is 7.82. The molecule has 2 aliphatic rings. The van der Waals surface area contributed by atoms with Gasteiger partial charge in [0, 0.05) is 36.6 Å². The Morgan fingerprint density at radius 2 is 1.97 bits per heavy atom. The van der Waals surface area contributed by atoms with E-state index in [-0.39, 0.29) is 0 Å². The zero-order valence-electron chi connectivity index (χ0n) is 20.3. The van der Waals surface area contributed by atoms with Crippen molar-refractivity contribution in [2.45, 2.75) is 38.0 Å². The number of hydrogen-bond acceptors (Lipinski definition) is 7. The van der Waals surface area contributed by atoms with Gasteiger partial charge in [-0.2, -0.15) is 5.26 Å². The SMILES string of the molecule is CCCN1CCOCC1.CCCNC1=CC=C(NSc2ccccc2/C=C/C=O)CC=C1C#N. The molecule has 0 aromatic heterocycles. The van der Waals surface area contributed by atoms with Crippen LogP contribution >= 0.6 is 11.9 Å². The van der Waals surface area contributed by atoms with E-state index >= 15 is 0 Å². The quantitative estimate of drug-likeness (QED) is 0.282. The minimum Gasteiger partial charge on any atom is -0.384 e. The lowest BCUT2D eigenvalue weighted by atomic mass is 10.2. The van der Waals surface area contributed by atoms with Crippen LogP contribution in [-0.4, -0.2) is 50.6 Å². The number of aldehydes is 1. The summed E-state index contributed by atoms with van der Waals surface area (Å²) in [6, 6.07) is 10.1. The lowest BCUT2D eigenvalue weighted by molar-refractivity contribution is -0.104. The third-order valence-electron chi connectivity index (χ3n) is 5.16. The number of rotatable bonds is 10. The Kier molecular flexibility index (Phi) is 13.5. The van der Waals surface area contributed by atoms with Crippen LogP contribution in [0.3, 0.4) is 0 Å². The highest BCUT2D eigenvalue weighted by atomic mass is 32.2. The lowest BCUT2D eigenvalue weighted by Crippen LogP contribution is -2.36. The van der Waals surface area contributed by atoms with Crippen molar-refractivity contribution in [2.75, 3.05) is 39.4 Å². The molecule has 0 atom stereocenters. The van der Waals surface area contributed by atoms with Gasteiger partial charge >= 0.3 is 0 Å². The van der Waals surface area contributed by atoms with Crippen LogP contribution < -0.4 is 10.0 Å². The number of allylic oxidation sites excluding steroid dienone is 5. The van der Waals surface area contributed by atoms with Crippen molar-refractivity contribution >= 4 is 24.3 Å². The molecule has 1 saturated heterocycles. The lowest BCUT2D eigenvalue weighted by Gasteiger charge is -2.25. The maximum Gasteiger partial charge on any atom is 0.142 e. The first-order chi connectivity index (χ1) is 16.7. The molecule has 0 bridgehead atoms. The number of carbonyl (C=O) groups excluding carboxylic acids is 1. The van der Waals surface area contributed by atoms with Gasteiger partial charge in [-0.15, -0.1) is 0 Å². The largest absolute Gasteiger partial charge is 0.384 e. The molecule has 0 saturated carbocycles. The summed E-state index contributed by atoms with van der Waals surface area (Å²) in [5.41, 5.74) is 3.52. The highest BCUT2D eigenvalue weighted by molar-refractivity contribution is 7.97. The molecule has 182 valence electrons. The zero-order chi connectivity index (χ0) is 24.4. The van der Waals surface area contributed by atoms with Crippen molar-refractivity contribution in [2.24, 2.45) is 0 Å². The van der Waals surface area contributed by atoms with Gasteiger partial charge in [-0.1, -0.05) is 44.2 Å². The summed E-state index contributed by atoms with van der Waals surface area (Å²) >= 11 is 1.49. The fourth-order valence-corrected chi connectivity index (χ4v) is 4.17. The van der Waals surface area contributed by atoms with Gasteiger partial charge in [0.25, 0.3) is 0 Å². The van der Waals surface area contributed by atoms with Crippen LogP contribution in [0.25, 0.3) is 6.08 Å². The highest BCUT2D eigenvalue weighted by Crippen LogP contribution is 2.24. The third kappa shape index (κ3) is 10.0. The number of hydrogen-bond donors (Lipinski definition) is 2. The predicted molar refractivity (Wildman–Crippen MR) is 141 cm³/mol. The average Bonchev–Trinajstić information content (AvgIpc) is 3.08. The fourth-order valence-electron chi connectivity index (χ4n) is 3.37. The summed E-state index contributed by atoms with van der Waals surface area (Å²) < 4.78 is 8.55. The molecule has 1 aliphatic heterocycles. The van der Waals surface area contributed by atoms with E-state index in [4.69, 9.17) is 4.74 Å². The molecule has 0 unspecified atom stereocenters. The second-order valence-corrected chi connectivity index (χ2v) is 8.67. The normalized spacial score (nSPS) is 16.2. The summed E-state index contributed by atoms with van der Waals surface area (Å²) in [5.74, 6) is 0. The molecule has 2 N–H and O–H groups in total. The standard InChI is InChI=1S/C20H21N3OS.C7H15NO/c1-2-13-22-19-12-11-18(10-9-17(19)15-21)23-25-20-8-4-3-6-16(20)7-5-14-24;1-2-3-8-4-6-9-7-5-8/h3-9,11-12,14,22-23H,2,10,13H2,1H3;2-7H2,1H3/b7-5+;. The van der Waals surface area contributed by atoms with E-state index in [1.165, 1.54) is 31.0 Å². The maximum absolute atomic E-state index is 10.5. The first-order valence-electron chi connectivity index (χ1n) is 11.9. The molecule has 34 heavy (non-hydrogen) atoms. The molecule has 0 amide bonds. The number of nitriles is 1. The smallest absolute Gasteiger partial charge is 0.142 e. The molecule has 6 nitrogen and oxygen atoms in total. The van der Waals surface area contributed by atoms with E-state index in [1.807, 2.05) is 42.5 Å². The Bertz CT molecular complexity index is 922. The van der Waals surface area contributed by atoms with Gasteiger partial charge < -0.3 is 14.8 Å².